The molecule has 0 spiro atoms. The van der Waals surface area contributed by atoms with Crippen LogP contribution in [0, 0.1) is 5.92 Å². The SMILES string of the molecule is CC1CCOC1C(O)c1cccc2ncccc12. The quantitative estimate of drug-likeness (QED) is 0.881. The monoisotopic (exact) mass is 243 g/mol. The summed E-state index contributed by atoms with van der Waals surface area (Å²) in [5.74, 6) is 0.395. The highest BCUT2D eigenvalue weighted by molar-refractivity contribution is 5.82. The van der Waals surface area contributed by atoms with Crippen LogP contribution in [0.2, 0.25) is 0 Å². The largest absolute Gasteiger partial charge is 0.386 e. The fourth-order valence-electron chi connectivity index (χ4n) is 2.68. The maximum Gasteiger partial charge on any atom is 0.106 e. The third-order valence-corrected chi connectivity index (χ3v) is 3.75. The van der Waals surface area contributed by atoms with E-state index in [0.717, 1.165) is 29.5 Å². The first-order chi connectivity index (χ1) is 8.77. The van der Waals surface area contributed by atoms with Crippen molar-refractivity contribution in [1.82, 2.24) is 4.98 Å². The number of aliphatic hydroxyl groups is 1. The van der Waals surface area contributed by atoms with Gasteiger partial charge in [0.1, 0.15) is 6.10 Å². The summed E-state index contributed by atoms with van der Waals surface area (Å²) in [4.78, 5) is 4.32. The lowest BCUT2D eigenvalue weighted by molar-refractivity contribution is -0.0171. The van der Waals surface area contributed by atoms with Gasteiger partial charge in [-0.25, -0.2) is 0 Å². The Kier molecular flexibility index (Phi) is 3.02. The van der Waals surface area contributed by atoms with Gasteiger partial charge in [-0.1, -0.05) is 25.1 Å². The Morgan fingerprint density at radius 2 is 2.22 bits per heavy atom. The Bertz CT molecular complexity index is 550. The molecule has 3 nitrogen and oxygen atoms in total. The molecule has 3 atom stereocenters. The van der Waals surface area contributed by atoms with E-state index in [0.29, 0.717) is 5.92 Å². The number of aliphatic hydroxyl groups excluding tert-OH is 1. The Morgan fingerprint density at radius 3 is 3.00 bits per heavy atom. The lowest BCUT2D eigenvalue weighted by Gasteiger charge is -2.22. The highest BCUT2D eigenvalue weighted by atomic mass is 16.5. The van der Waals surface area contributed by atoms with E-state index in [-0.39, 0.29) is 6.10 Å². The molecule has 3 heteroatoms. The van der Waals surface area contributed by atoms with Crippen LogP contribution >= 0.6 is 0 Å². The van der Waals surface area contributed by atoms with Crippen molar-refractivity contribution in [2.75, 3.05) is 6.61 Å². The van der Waals surface area contributed by atoms with Crippen molar-refractivity contribution in [3.8, 4) is 0 Å². The van der Waals surface area contributed by atoms with Gasteiger partial charge in [0.05, 0.1) is 11.6 Å². The van der Waals surface area contributed by atoms with E-state index in [4.69, 9.17) is 4.74 Å². The number of fused-ring (bicyclic) bond motifs is 1. The number of rotatable bonds is 2. The van der Waals surface area contributed by atoms with Gasteiger partial charge >= 0.3 is 0 Å². The number of nitrogens with zero attached hydrogens (tertiary/aromatic N) is 1. The Morgan fingerprint density at radius 1 is 1.33 bits per heavy atom. The molecule has 1 aromatic heterocycles. The summed E-state index contributed by atoms with van der Waals surface area (Å²) in [5.41, 5.74) is 1.83. The molecule has 1 saturated heterocycles. The Hall–Kier alpha value is -1.45. The normalized spacial score (nSPS) is 25.4. The number of hydrogen-bond donors (Lipinski definition) is 1. The minimum atomic E-state index is -0.574. The standard InChI is InChI=1S/C15H17NO2/c1-10-7-9-18-15(10)14(17)12-4-2-6-13-11(12)5-3-8-16-13/h2-6,8,10,14-15,17H,7,9H2,1H3. The predicted molar refractivity (Wildman–Crippen MR) is 70.2 cm³/mol. The molecular formula is C15H17NO2. The summed E-state index contributed by atoms with van der Waals surface area (Å²) in [5, 5.41) is 11.5. The maximum absolute atomic E-state index is 10.5. The first-order valence-electron chi connectivity index (χ1n) is 6.40. The average molecular weight is 243 g/mol. The number of ether oxygens (including phenoxy) is 1. The van der Waals surface area contributed by atoms with Gasteiger partial charge in [-0.2, -0.15) is 0 Å². The van der Waals surface area contributed by atoms with Gasteiger partial charge in [0, 0.05) is 18.2 Å². The molecule has 0 saturated carbocycles. The molecule has 3 unspecified atom stereocenters. The van der Waals surface area contributed by atoms with Crippen LogP contribution in [-0.4, -0.2) is 22.8 Å². The third-order valence-electron chi connectivity index (χ3n) is 3.75. The second kappa shape index (κ2) is 4.67. The van der Waals surface area contributed by atoms with E-state index in [9.17, 15) is 5.11 Å². The first kappa shape index (κ1) is 11.6. The summed E-state index contributed by atoms with van der Waals surface area (Å²) >= 11 is 0. The van der Waals surface area contributed by atoms with Crippen molar-refractivity contribution in [3.63, 3.8) is 0 Å². The molecule has 0 radical (unpaired) electrons. The molecule has 1 N–H and O–H groups in total. The third kappa shape index (κ3) is 1.89. The van der Waals surface area contributed by atoms with Crippen LogP contribution in [0.15, 0.2) is 36.5 Å². The van der Waals surface area contributed by atoms with Crippen molar-refractivity contribution >= 4 is 10.9 Å². The first-order valence-corrected chi connectivity index (χ1v) is 6.40. The number of benzene rings is 1. The zero-order valence-electron chi connectivity index (χ0n) is 10.4. The van der Waals surface area contributed by atoms with E-state index >= 15 is 0 Å². The van der Waals surface area contributed by atoms with Gasteiger partial charge in [-0.3, -0.25) is 4.98 Å². The molecule has 18 heavy (non-hydrogen) atoms. The van der Waals surface area contributed by atoms with Crippen molar-refractivity contribution in [2.24, 2.45) is 5.92 Å². The van der Waals surface area contributed by atoms with Gasteiger partial charge < -0.3 is 9.84 Å². The fourth-order valence-corrected chi connectivity index (χ4v) is 2.68. The number of hydrogen-bond acceptors (Lipinski definition) is 3. The number of pyridine rings is 1. The van der Waals surface area contributed by atoms with Crippen LogP contribution in [-0.2, 0) is 4.74 Å². The van der Waals surface area contributed by atoms with Crippen LogP contribution < -0.4 is 0 Å². The molecule has 2 heterocycles. The van der Waals surface area contributed by atoms with Crippen LogP contribution in [0.4, 0.5) is 0 Å². The zero-order chi connectivity index (χ0) is 12.5. The van der Waals surface area contributed by atoms with Gasteiger partial charge in [0.25, 0.3) is 0 Å². The summed E-state index contributed by atoms with van der Waals surface area (Å²) in [7, 11) is 0. The van der Waals surface area contributed by atoms with Crippen molar-refractivity contribution in [1.29, 1.82) is 0 Å². The summed E-state index contributed by atoms with van der Waals surface area (Å²) in [6.07, 6.45) is 2.11. The van der Waals surface area contributed by atoms with Gasteiger partial charge in [0.2, 0.25) is 0 Å². The molecule has 0 amide bonds. The van der Waals surface area contributed by atoms with Crippen molar-refractivity contribution in [3.05, 3.63) is 42.1 Å². The van der Waals surface area contributed by atoms with Crippen LogP contribution in [0.5, 0.6) is 0 Å². The molecule has 94 valence electrons. The van der Waals surface area contributed by atoms with E-state index in [1.165, 1.54) is 0 Å². The molecule has 1 fully saturated rings. The molecule has 1 aromatic carbocycles. The molecule has 1 aliphatic rings. The summed E-state index contributed by atoms with van der Waals surface area (Å²) < 4.78 is 5.66. The van der Waals surface area contributed by atoms with E-state index in [1.54, 1.807) is 6.20 Å². The lowest BCUT2D eigenvalue weighted by atomic mass is 9.92. The molecule has 2 aromatic rings. The molecule has 3 rings (SSSR count). The van der Waals surface area contributed by atoms with Crippen molar-refractivity contribution in [2.45, 2.75) is 25.6 Å². The van der Waals surface area contributed by atoms with E-state index < -0.39 is 6.10 Å². The summed E-state index contributed by atoms with van der Waals surface area (Å²) in [6, 6.07) is 9.76. The van der Waals surface area contributed by atoms with Crippen LogP contribution in [0.1, 0.15) is 25.0 Å². The topological polar surface area (TPSA) is 42.4 Å². The highest BCUT2D eigenvalue weighted by Gasteiger charge is 2.32. The van der Waals surface area contributed by atoms with E-state index in [2.05, 4.69) is 11.9 Å². The van der Waals surface area contributed by atoms with Crippen LogP contribution in [0.25, 0.3) is 10.9 Å². The Labute approximate surface area is 106 Å². The smallest absolute Gasteiger partial charge is 0.106 e. The van der Waals surface area contributed by atoms with Gasteiger partial charge in [-0.05, 0) is 30.0 Å². The van der Waals surface area contributed by atoms with Crippen LogP contribution in [0.3, 0.4) is 0 Å². The van der Waals surface area contributed by atoms with Gasteiger partial charge in [0.15, 0.2) is 0 Å². The highest BCUT2D eigenvalue weighted by Crippen LogP contribution is 2.33. The predicted octanol–water partition coefficient (Wildman–Crippen LogP) is 2.69. The Balaban J connectivity index is 2.03. The lowest BCUT2D eigenvalue weighted by Crippen LogP contribution is -2.23. The van der Waals surface area contributed by atoms with Gasteiger partial charge in [-0.15, -0.1) is 0 Å². The molecule has 0 aliphatic carbocycles. The second-order valence-electron chi connectivity index (χ2n) is 4.96. The molecular weight excluding hydrogens is 226 g/mol. The minimum Gasteiger partial charge on any atom is -0.386 e. The summed E-state index contributed by atoms with van der Waals surface area (Å²) in [6.45, 7) is 2.87. The molecule has 0 bridgehead atoms. The second-order valence-corrected chi connectivity index (χ2v) is 4.96. The average Bonchev–Trinajstić information content (AvgIpc) is 2.83. The number of aromatic nitrogens is 1. The van der Waals surface area contributed by atoms with E-state index in [1.807, 2.05) is 30.3 Å². The zero-order valence-corrected chi connectivity index (χ0v) is 10.4. The fraction of sp³-hybridized carbons (Fsp3) is 0.400. The minimum absolute atomic E-state index is 0.101. The van der Waals surface area contributed by atoms with Crippen molar-refractivity contribution < 1.29 is 9.84 Å². The maximum atomic E-state index is 10.5. The molecule has 1 aliphatic heterocycles.